The van der Waals surface area contributed by atoms with Gasteiger partial charge in [0, 0.05) is 30.8 Å². The number of aliphatic hydroxyl groups is 1. The van der Waals surface area contributed by atoms with Crippen LogP contribution in [0.2, 0.25) is 0 Å². The summed E-state index contributed by atoms with van der Waals surface area (Å²) in [5.41, 5.74) is 2.26. The lowest BCUT2D eigenvalue weighted by Crippen LogP contribution is -2.29. The van der Waals surface area contributed by atoms with Gasteiger partial charge in [0.1, 0.15) is 11.5 Å². The summed E-state index contributed by atoms with van der Waals surface area (Å²) in [6.45, 7) is 6.68. The van der Waals surface area contributed by atoms with E-state index in [1.54, 1.807) is 0 Å². The molecule has 1 N–H and O–H groups in total. The van der Waals surface area contributed by atoms with Crippen LogP contribution in [-0.2, 0) is 0 Å². The van der Waals surface area contributed by atoms with Crippen molar-refractivity contribution >= 4 is 5.69 Å². The molecule has 1 unspecified atom stereocenters. The van der Waals surface area contributed by atoms with Gasteiger partial charge in [0.25, 0.3) is 0 Å². The molecule has 1 fully saturated rings. The zero-order chi connectivity index (χ0) is 16.2. The van der Waals surface area contributed by atoms with E-state index in [0.29, 0.717) is 12.5 Å². The second kappa shape index (κ2) is 6.78. The number of aryl methyl sites for hydroxylation is 1. The molecule has 23 heavy (non-hydrogen) atoms. The minimum Gasteiger partial charge on any atom is -0.513 e. The maximum absolute atomic E-state index is 9.51. The van der Waals surface area contributed by atoms with Crippen molar-refractivity contribution < 1.29 is 9.84 Å². The predicted octanol–water partition coefficient (Wildman–Crippen LogP) is 5.22. The smallest absolute Gasteiger partial charge is 0.130 e. The molecule has 0 radical (unpaired) electrons. The van der Waals surface area contributed by atoms with Crippen LogP contribution in [0.15, 0.2) is 60.9 Å². The summed E-state index contributed by atoms with van der Waals surface area (Å²) in [6, 6.07) is 16.5. The number of nitrogens with zero attached hydrogens (tertiary/aromatic N) is 1. The number of aliphatic hydroxyl groups excluding tert-OH is 1. The van der Waals surface area contributed by atoms with Gasteiger partial charge in [0.15, 0.2) is 0 Å². The number of anilines is 1. The summed E-state index contributed by atoms with van der Waals surface area (Å²) in [6.07, 6.45) is 2.85. The van der Waals surface area contributed by atoms with E-state index in [1.807, 2.05) is 43.3 Å². The molecule has 2 aromatic rings. The van der Waals surface area contributed by atoms with E-state index < -0.39 is 0 Å². The molecule has 1 aliphatic rings. The molecule has 1 aliphatic heterocycles. The second-order valence-corrected chi connectivity index (χ2v) is 6.12. The monoisotopic (exact) mass is 309 g/mol. The summed E-state index contributed by atoms with van der Waals surface area (Å²) in [5.74, 6) is 1.98. The Hall–Kier alpha value is -2.42. The number of hydrogen-bond donors (Lipinski definition) is 1. The van der Waals surface area contributed by atoms with Crippen molar-refractivity contribution in [1.29, 1.82) is 0 Å². The van der Waals surface area contributed by atoms with Gasteiger partial charge in [-0.05, 0) is 43.5 Å². The Morgan fingerprint density at radius 2 is 2.09 bits per heavy atom. The van der Waals surface area contributed by atoms with Crippen LogP contribution < -0.4 is 9.64 Å². The normalized spacial score (nSPS) is 17.3. The first-order chi connectivity index (χ1) is 11.1. The highest BCUT2D eigenvalue weighted by atomic mass is 16.5. The van der Waals surface area contributed by atoms with Gasteiger partial charge in [-0.3, -0.25) is 0 Å². The summed E-state index contributed by atoms with van der Waals surface area (Å²) < 4.78 is 6.03. The van der Waals surface area contributed by atoms with Crippen molar-refractivity contribution in [2.45, 2.75) is 32.2 Å². The van der Waals surface area contributed by atoms with E-state index in [2.05, 4.69) is 23.6 Å². The summed E-state index contributed by atoms with van der Waals surface area (Å²) >= 11 is 0. The van der Waals surface area contributed by atoms with Gasteiger partial charge in [-0.1, -0.05) is 30.8 Å². The van der Waals surface area contributed by atoms with Crippen molar-refractivity contribution in [2.75, 3.05) is 11.4 Å². The number of rotatable bonds is 5. The minimum atomic E-state index is 0.259. The van der Waals surface area contributed by atoms with Crippen LogP contribution >= 0.6 is 0 Å². The minimum absolute atomic E-state index is 0.259. The Balaban J connectivity index is 1.80. The van der Waals surface area contributed by atoms with Gasteiger partial charge in [0.05, 0.1) is 5.76 Å². The zero-order valence-corrected chi connectivity index (χ0v) is 13.5. The summed E-state index contributed by atoms with van der Waals surface area (Å²) in [5, 5.41) is 9.51. The van der Waals surface area contributed by atoms with E-state index in [-0.39, 0.29) is 5.76 Å². The van der Waals surface area contributed by atoms with Crippen LogP contribution in [0.25, 0.3) is 0 Å². The van der Waals surface area contributed by atoms with Crippen LogP contribution in [0.4, 0.5) is 5.69 Å². The number of para-hydroxylation sites is 1. The maximum Gasteiger partial charge on any atom is 0.130 e. The van der Waals surface area contributed by atoms with Gasteiger partial charge in [0.2, 0.25) is 0 Å². The largest absolute Gasteiger partial charge is 0.513 e. The predicted molar refractivity (Wildman–Crippen MR) is 94.4 cm³/mol. The van der Waals surface area contributed by atoms with Crippen molar-refractivity contribution in [3.8, 4) is 11.5 Å². The van der Waals surface area contributed by atoms with E-state index in [9.17, 15) is 5.11 Å². The fourth-order valence-corrected chi connectivity index (χ4v) is 3.18. The maximum atomic E-state index is 9.51. The highest BCUT2D eigenvalue weighted by Crippen LogP contribution is 2.32. The molecule has 120 valence electrons. The molecule has 0 spiro atoms. The molecule has 1 atom stereocenters. The Kier molecular flexibility index (Phi) is 4.56. The third-order valence-corrected chi connectivity index (χ3v) is 4.32. The first kappa shape index (κ1) is 15.5. The molecule has 3 heteroatoms. The van der Waals surface area contributed by atoms with E-state index >= 15 is 0 Å². The fraction of sp³-hybridized carbons (Fsp3) is 0.300. The van der Waals surface area contributed by atoms with Crippen molar-refractivity contribution in [2.24, 2.45) is 0 Å². The second-order valence-electron chi connectivity index (χ2n) is 6.12. The van der Waals surface area contributed by atoms with Crippen LogP contribution in [0, 0.1) is 6.92 Å². The molecule has 0 aromatic heterocycles. The Morgan fingerprint density at radius 1 is 1.26 bits per heavy atom. The Bertz CT molecular complexity index is 696. The summed E-state index contributed by atoms with van der Waals surface area (Å²) in [4.78, 5) is 2.34. The Labute approximate surface area is 137 Å². The first-order valence-corrected chi connectivity index (χ1v) is 8.10. The van der Waals surface area contributed by atoms with Crippen LogP contribution in [0.3, 0.4) is 0 Å². The lowest BCUT2D eigenvalue weighted by molar-refractivity contribution is 0.376. The van der Waals surface area contributed by atoms with Crippen molar-refractivity contribution in [3.63, 3.8) is 0 Å². The highest BCUT2D eigenvalue weighted by Gasteiger charge is 2.25. The van der Waals surface area contributed by atoms with Crippen molar-refractivity contribution in [3.05, 3.63) is 66.4 Å². The third kappa shape index (κ3) is 3.67. The molecule has 3 rings (SSSR count). The van der Waals surface area contributed by atoms with Gasteiger partial charge in [-0.2, -0.15) is 0 Å². The number of hydrogen-bond acceptors (Lipinski definition) is 3. The Morgan fingerprint density at radius 3 is 2.87 bits per heavy atom. The molecule has 0 bridgehead atoms. The van der Waals surface area contributed by atoms with Crippen LogP contribution in [0.1, 0.15) is 24.8 Å². The quantitative estimate of drug-likeness (QED) is 0.769. The standard InChI is InChI=1S/C20H23NO2/c1-15-7-3-4-11-20(15)23-19-10-5-8-18(14-19)21-12-6-9-17(21)13-16(2)22/h3-5,7-8,10-11,14,17,22H,2,6,9,12-13H2,1H3. The fourth-order valence-electron chi connectivity index (χ4n) is 3.18. The van der Waals surface area contributed by atoms with E-state index in [0.717, 1.165) is 42.1 Å². The van der Waals surface area contributed by atoms with E-state index in [1.165, 1.54) is 0 Å². The average molecular weight is 309 g/mol. The van der Waals surface area contributed by atoms with Gasteiger partial charge >= 0.3 is 0 Å². The number of ether oxygens (including phenoxy) is 1. The molecule has 0 saturated carbocycles. The van der Waals surface area contributed by atoms with Gasteiger partial charge in [-0.15, -0.1) is 0 Å². The molecule has 0 aliphatic carbocycles. The average Bonchev–Trinajstić information content (AvgIpc) is 2.97. The lowest BCUT2D eigenvalue weighted by atomic mass is 10.1. The third-order valence-electron chi connectivity index (χ3n) is 4.32. The number of benzene rings is 2. The van der Waals surface area contributed by atoms with Gasteiger partial charge < -0.3 is 14.7 Å². The molecule has 3 nitrogen and oxygen atoms in total. The van der Waals surface area contributed by atoms with Crippen LogP contribution in [-0.4, -0.2) is 17.7 Å². The molecular weight excluding hydrogens is 286 g/mol. The van der Waals surface area contributed by atoms with Gasteiger partial charge in [-0.25, -0.2) is 0 Å². The zero-order valence-electron chi connectivity index (χ0n) is 13.5. The highest BCUT2D eigenvalue weighted by molar-refractivity contribution is 5.53. The lowest BCUT2D eigenvalue weighted by Gasteiger charge is -2.27. The topological polar surface area (TPSA) is 32.7 Å². The SMILES string of the molecule is C=C(O)CC1CCCN1c1cccc(Oc2ccccc2C)c1. The van der Waals surface area contributed by atoms with Crippen molar-refractivity contribution in [1.82, 2.24) is 0 Å². The first-order valence-electron chi connectivity index (χ1n) is 8.10. The molecule has 2 aromatic carbocycles. The molecule has 0 amide bonds. The molecular formula is C20H23NO2. The summed E-state index contributed by atoms with van der Waals surface area (Å²) in [7, 11) is 0. The molecule has 1 heterocycles. The molecule has 1 saturated heterocycles. The van der Waals surface area contributed by atoms with Crippen LogP contribution in [0.5, 0.6) is 11.5 Å². The van der Waals surface area contributed by atoms with E-state index in [4.69, 9.17) is 4.74 Å².